The van der Waals surface area contributed by atoms with Gasteiger partial charge in [0.2, 0.25) is 0 Å². The van der Waals surface area contributed by atoms with Crippen molar-refractivity contribution in [2.24, 2.45) is 5.92 Å². The van der Waals surface area contributed by atoms with Crippen molar-refractivity contribution < 1.29 is 8.99 Å². The molecule has 0 amide bonds. The summed E-state index contributed by atoms with van der Waals surface area (Å²) >= 11 is 0. The molecule has 0 aliphatic heterocycles. The summed E-state index contributed by atoms with van der Waals surface area (Å²) in [5, 5.41) is 2.00. The summed E-state index contributed by atoms with van der Waals surface area (Å²) in [7, 11) is -4.64. The van der Waals surface area contributed by atoms with E-state index in [1.54, 1.807) is 0 Å². The highest BCUT2D eigenvalue weighted by atomic mass is 31.2. The predicted molar refractivity (Wildman–Crippen MR) is 142 cm³/mol. The van der Waals surface area contributed by atoms with Gasteiger partial charge in [-0.05, 0) is 42.5 Å². The summed E-state index contributed by atoms with van der Waals surface area (Å²) in [6.07, 6.45) is 4.67. The molecule has 1 saturated carbocycles. The predicted octanol–water partition coefficient (Wildman–Crippen LogP) is 7.30. The molecule has 0 N–H and O–H groups in total. The normalized spacial score (nSPS) is 21.7. The summed E-state index contributed by atoms with van der Waals surface area (Å²) < 4.78 is 21.1. The minimum atomic E-state index is -2.74. The molecule has 2 aromatic carbocycles. The number of hydrogen-bond donors (Lipinski definition) is 0. The topological polar surface area (TPSA) is 26.3 Å². The van der Waals surface area contributed by atoms with Gasteiger partial charge in [-0.3, -0.25) is 0 Å². The van der Waals surface area contributed by atoms with Crippen molar-refractivity contribution in [2.75, 3.05) is 6.16 Å². The zero-order chi connectivity index (χ0) is 23.6. The first kappa shape index (κ1) is 25.0. The van der Waals surface area contributed by atoms with Crippen LogP contribution in [0.15, 0.2) is 84.5 Å². The summed E-state index contributed by atoms with van der Waals surface area (Å²) in [6, 6.07) is 19.9. The van der Waals surface area contributed by atoms with E-state index in [9.17, 15) is 4.57 Å². The summed E-state index contributed by atoms with van der Waals surface area (Å²) in [4.78, 5) is 0. The Balaban J connectivity index is 1.89. The standard InChI is InChI=1S/C28H39O2PSi/c1-22-20-24(21-27(23(22)2)30-32(6,7)28(3,4)5)18-19-31(29,25-14-10-8-11-15-25)26-16-12-9-13-17-26/h8-18,22,27H,2,19-21H2,1,3-7H3/b24-18+/t22-,27-/m1/s1. The van der Waals surface area contributed by atoms with Gasteiger partial charge in [0.1, 0.15) is 7.14 Å². The van der Waals surface area contributed by atoms with Crippen LogP contribution in [0.3, 0.4) is 0 Å². The highest BCUT2D eigenvalue weighted by molar-refractivity contribution is 7.78. The fourth-order valence-electron chi connectivity index (χ4n) is 4.07. The lowest BCUT2D eigenvalue weighted by Gasteiger charge is -2.42. The monoisotopic (exact) mass is 466 g/mol. The molecule has 0 spiro atoms. The molecule has 172 valence electrons. The van der Waals surface area contributed by atoms with Gasteiger partial charge in [0.15, 0.2) is 8.32 Å². The quantitative estimate of drug-likeness (QED) is 0.254. The van der Waals surface area contributed by atoms with E-state index in [2.05, 4.69) is 53.4 Å². The van der Waals surface area contributed by atoms with Crippen molar-refractivity contribution in [3.8, 4) is 0 Å². The van der Waals surface area contributed by atoms with Gasteiger partial charge in [-0.25, -0.2) is 0 Å². The molecule has 2 atom stereocenters. The Morgan fingerprint density at radius 2 is 1.50 bits per heavy atom. The second-order valence-electron chi connectivity index (χ2n) is 10.7. The van der Waals surface area contributed by atoms with Crippen LogP contribution >= 0.6 is 7.14 Å². The van der Waals surface area contributed by atoms with Crippen LogP contribution in [0.2, 0.25) is 18.1 Å². The number of hydrogen-bond acceptors (Lipinski definition) is 2. The maximum atomic E-state index is 14.4. The first-order valence-corrected chi connectivity index (χ1v) is 16.5. The first-order chi connectivity index (χ1) is 14.9. The minimum Gasteiger partial charge on any atom is -0.410 e. The lowest BCUT2D eigenvalue weighted by Crippen LogP contribution is -2.45. The van der Waals surface area contributed by atoms with Gasteiger partial charge in [0.25, 0.3) is 0 Å². The SMILES string of the molecule is C=C1[C@H](C)C/C(=C\CP(=O)(c2ccccc2)c2ccccc2)C[C@H]1O[Si](C)(C)C(C)(C)C. The maximum Gasteiger partial charge on any atom is 0.192 e. The largest absolute Gasteiger partial charge is 0.410 e. The molecule has 0 heterocycles. The highest BCUT2D eigenvalue weighted by Crippen LogP contribution is 2.46. The molecule has 32 heavy (non-hydrogen) atoms. The molecule has 0 bridgehead atoms. The van der Waals surface area contributed by atoms with Crippen molar-refractivity contribution in [1.82, 2.24) is 0 Å². The molecular formula is C28H39O2PSi. The lowest BCUT2D eigenvalue weighted by atomic mass is 9.81. The number of allylic oxidation sites excluding steroid dienone is 1. The zero-order valence-corrected chi connectivity index (χ0v) is 22.5. The van der Waals surface area contributed by atoms with Crippen LogP contribution < -0.4 is 10.6 Å². The second-order valence-corrected chi connectivity index (χ2v) is 18.3. The molecule has 2 aromatic rings. The molecule has 0 saturated heterocycles. The summed E-state index contributed by atoms with van der Waals surface area (Å²) in [5.74, 6) is 0.373. The Morgan fingerprint density at radius 3 is 1.97 bits per heavy atom. The van der Waals surface area contributed by atoms with E-state index in [-0.39, 0.29) is 11.1 Å². The highest BCUT2D eigenvalue weighted by Gasteiger charge is 2.41. The Labute approximate surface area is 196 Å². The van der Waals surface area contributed by atoms with E-state index >= 15 is 0 Å². The van der Waals surface area contributed by atoms with Crippen LogP contribution in [0.4, 0.5) is 0 Å². The van der Waals surface area contributed by atoms with Crippen molar-refractivity contribution >= 4 is 26.1 Å². The lowest BCUT2D eigenvalue weighted by molar-refractivity contribution is 0.189. The van der Waals surface area contributed by atoms with E-state index in [1.165, 1.54) is 11.1 Å². The fourth-order valence-corrected chi connectivity index (χ4v) is 7.91. The van der Waals surface area contributed by atoms with E-state index in [0.29, 0.717) is 12.1 Å². The van der Waals surface area contributed by atoms with Gasteiger partial charge in [0.05, 0.1) is 6.10 Å². The van der Waals surface area contributed by atoms with Crippen molar-refractivity contribution in [3.05, 3.63) is 84.5 Å². The van der Waals surface area contributed by atoms with Crippen molar-refractivity contribution in [3.63, 3.8) is 0 Å². The third-order valence-electron chi connectivity index (χ3n) is 7.29. The molecule has 1 fully saturated rings. The third kappa shape index (κ3) is 5.45. The van der Waals surface area contributed by atoms with Gasteiger partial charge >= 0.3 is 0 Å². The molecular weight excluding hydrogens is 427 g/mol. The van der Waals surface area contributed by atoms with Gasteiger partial charge < -0.3 is 8.99 Å². The molecule has 2 nitrogen and oxygen atoms in total. The summed E-state index contributed by atoms with van der Waals surface area (Å²) in [6.45, 7) is 18.1. The Bertz CT molecular complexity index is 959. The Kier molecular flexibility index (Phi) is 7.54. The maximum absolute atomic E-state index is 14.4. The minimum absolute atomic E-state index is 0.0544. The van der Waals surface area contributed by atoms with Crippen LogP contribution in [0.1, 0.15) is 40.5 Å². The molecule has 1 aliphatic rings. The fraction of sp³-hybridized carbons (Fsp3) is 0.429. The van der Waals surface area contributed by atoms with Crippen molar-refractivity contribution in [2.45, 2.75) is 64.8 Å². The van der Waals surface area contributed by atoms with Crippen LogP contribution in [0, 0.1) is 5.92 Å². The van der Waals surface area contributed by atoms with Gasteiger partial charge in [-0.1, -0.05) is 107 Å². The van der Waals surface area contributed by atoms with E-state index in [4.69, 9.17) is 4.43 Å². The third-order valence-corrected chi connectivity index (χ3v) is 14.7. The Hall–Kier alpha value is -1.67. The van der Waals surface area contributed by atoms with E-state index in [1.807, 2.05) is 60.7 Å². The second kappa shape index (κ2) is 9.67. The number of benzene rings is 2. The molecule has 0 aromatic heterocycles. The van der Waals surface area contributed by atoms with Crippen LogP contribution in [0.5, 0.6) is 0 Å². The van der Waals surface area contributed by atoms with E-state index in [0.717, 1.165) is 23.5 Å². The smallest absolute Gasteiger partial charge is 0.192 e. The molecule has 0 radical (unpaired) electrons. The first-order valence-electron chi connectivity index (χ1n) is 11.7. The average Bonchev–Trinajstić information content (AvgIpc) is 2.75. The van der Waals surface area contributed by atoms with Gasteiger partial charge in [-0.15, -0.1) is 0 Å². The van der Waals surface area contributed by atoms with Gasteiger partial charge in [0, 0.05) is 16.8 Å². The zero-order valence-electron chi connectivity index (χ0n) is 20.6. The van der Waals surface area contributed by atoms with Crippen LogP contribution in [-0.2, 0) is 8.99 Å². The summed E-state index contributed by atoms with van der Waals surface area (Å²) in [5.41, 5.74) is 2.56. The molecule has 3 rings (SSSR count). The van der Waals surface area contributed by atoms with Crippen LogP contribution in [0.25, 0.3) is 0 Å². The number of rotatable bonds is 6. The molecule has 1 aliphatic carbocycles. The van der Waals surface area contributed by atoms with Gasteiger partial charge in [-0.2, -0.15) is 0 Å². The average molecular weight is 467 g/mol. The van der Waals surface area contributed by atoms with Crippen molar-refractivity contribution in [1.29, 1.82) is 0 Å². The van der Waals surface area contributed by atoms with Crippen LogP contribution in [-0.4, -0.2) is 20.6 Å². The molecule has 0 unspecified atom stereocenters. The van der Waals surface area contributed by atoms with E-state index < -0.39 is 15.5 Å². The Morgan fingerprint density at radius 1 is 1.00 bits per heavy atom. The molecule has 4 heteroatoms.